The normalized spacial score (nSPS) is 16.2. The molecule has 1 amide bonds. The van der Waals surface area contributed by atoms with Gasteiger partial charge in [0.2, 0.25) is 0 Å². The molecule has 0 radical (unpaired) electrons. The first kappa shape index (κ1) is 14.5. The van der Waals surface area contributed by atoms with Crippen LogP contribution in [0.15, 0.2) is 6.07 Å². The van der Waals surface area contributed by atoms with E-state index in [0.29, 0.717) is 0 Å². The van der Waals surface area contributed by atoms with E-state index in [0.717, 1.165) is 37.5 Å². The molecular formula is C12H19ClN2OS. The van der Waals surface area contributed by atoms with Crippen LogP contribution in [0.4, 0.5) is 0 Å². The van der Waals surface area contributed by atoms with E-state index in [1.807, 2.05) is 11.0 Å². The van der Waals surface area contributed by atoms with Gasteiger partial charge in [-0.2, -0.15) is 0 Å². The molecule has 0 aliphatic carbocycles. The predicted octanol–water partition coefficient (Wildman–Crippen LogP) is 2.22. The lowest BCUT2D eigenvalue weighted by Crippen LogP contribution is -2.33. The van der Waals surface area contributed by atoms with Crippen molar-refractivity contribution in [3.63, 3.8) is 0 Å². The third-order valence-corrected chi connectivity index (χ3v) is 4.14. The largest absolute Gasteiger partial charge is 0.337 e. The molecule has 2 rings (SSSR count). The minimum Gasteiger partial charge on any atom is -0.337 e. The smallest absolute Gasteiger partial charge is 0.263 e. The Morgan fingerprint density at radius 3 is 2.76 bits per heavy atom. The summed E-state index contributed by atoms with van der Waals surface area (Å²) in [5, 5.41) is 3.31. The highest BCUT2D eigenvalue weighted by molar-refractivity contribution is 7.14. The van der Waals surface area contributed by atoms with Crippen LogP contribution in [0.3, 0.4) is 0 Å². The van der Waals surface area contributed by atoms with Gasteiger partial charge in [0.05, 0.1) is 4.88 Å². The molecule has 17 heavy (non-hydrogen) atoms. The van der Waals surface area contributed by atoms with Crippen LogP contribution < -0.4 is 5.32 Å². The van der Waals surface area contributed by atoms with E-state index < -0.39 is 0 Å². The average Bonchev–Trinajstić information content (AvgIpc) is 2.51. The predicted molar refractivity (Wildman–Crippen MR) is 74.4 cm³/mol. The summed E-state index contributed by atoms with van der Waals surface area (Å²) < 4.78 is 0. The van der Waals surface area contributed by atoms with E-state index in [4.69, 9.17) is 0 Å². The lowest BCUT2D eigenvalue weighted by molar-refractivity contribution is 0.0771. The van der Waals surface area contributed by atoms with Crippen molar-refractivity contribution in [2.24, 2.45) is 0 Å². The minimum absolute atomic E-state index is 0. The van der Waals surface area contributed by atoms with Crippen molar-refractivity contribution in [2.45, 2.75) is 20.3 Å². The molecule has 0 spiro atoms. The molecule has 0 atom stereocenters. The van der Waals surface area contributed by atoms with E-state index >= 15 is 0 Å². The van der Waals surface area contributed by atoms with Gasteiger partial charge in [-0.05, 0) is 38.4 Å². The monoisotopic (exact) mass is 274 g/mol. The summed E-state index contributed by atoms with van der Waals surface area (Å²) in [6.07, 6.45) is 1.05. The van der Waals surface area contributed by atoms with Gasteiger partial charge in [0.1, 0.15) is 0 Å². The van der Waals surface area contributed by atoms with Gasteiger partial charge in [-0.3, -0.25) is 4.79 Å². The minimum atomic E-state index is 0. The molecule has 1 aromatic heterocycles. The van der Waals surface area contributed by atoms with Gasteiger partial charge in [-0.1, -0.05) is 0 Å². The average molecular weight is 275 g/mol. The SMILES string of the molecule is Cc1cc(C(=O)N2CCCNCC2)sc1C.Cl. The number of carbonyl (C=O) groups is 1. The van der Waals surface area contributed by atoms with E-state index in [1.165, 1.54) is 10.4 Å². The standard InChI is InChI=1S/C12H18N2OS.ClH/c1-9-8-11(16-10(9)2)12(15)14-6-3-4-13-5-7-14;/h8,13H,3-7H2,1-2H3;1H. The Labute approximate surface area is 113 Å². The van der Waals surface area contributed by atoms with Gasteiger partial charge in [-0.25, -0.2) is 0 Å². The molecule has 0 bridgehead atoms. The summed E-state index contributed by atoms with van der Waals surface area (Å²) in [6.45, 7) is 7.77. The van der Waals surface area contributed by atoms with E-state index in [-0.39, 0.29) is 18.3 Å². The number of hydrogen-bond acceptors (Lipinski definition) is 3. The Kier molecular flexibility index (Phi) is 5.43. The molecule has 3 nitrogen and oxygen atoms in total. The quantitative estimate of drug-likeness (QED) is 0.852. The molecule has 0 aromatic carbocycles. The Morgan fingerprint density at radius 2 is 2.12 bits per heavy atom. The van der Waals surface area contributed by atoms with Crippen LogP contribution in [0.2, 0.25) is 0 Å². The summed E-state index contributed by atoms with van der Waals surface area (Å²) >= 11 is 1.61. The summed E-state index contributed by atoms with van der Waals surface area (Å²) in [5.74, 6) is 0.199. The highest BCUT2D eigenvalue weighted by Gasteiger charge is 2.19. The lowest BCUT2D eigenvalue weighted by atomic mass is 10.2. The summed E-state index contributed by atoms with van der Waals surface area (Å²) in [7, 11) is 0. The zero-order chi connectivity index (χ0) is 11.5. The van der Waals surface area contributed by atoms with Crippen molar-refractivity contribution < 1.29 is 4.79 Å². The second kappa shape index (κ2) is 6.38. The summed E-state index contributed by atoms with van der Waals surface area (Å²) in [4.78, 5) is 16.3. The van der Waals surface area contributed by atoms with Crippen LogP contribution in [-0.2, 0) is 0 Å². The second-order valence-electron chi connectivity index (χ2n) is 4.25. The lowest BCUT2D eigenvalue weighted by Gasteiger charge is -2.18. The number of aryl methyl sites for hydroxylation is 2. The number of amides is 1. The molecule has 1 aliphatic heterocycles. The van der Waals surface area contributed by atoms with Crippen LogP contribution in [0, 0.1) is 13.8 Å². The van der Waals surface area contributed by atoms with Crippen molar-refractivity contribution >= 4 is 29.7 Å². The first-order valence-corrected chi connectivity index (χ1v) is 6.57. The zero-order valence-electron chi connectivity index (χ0n) is 10.3. The second-order valence-corrected chi connectivity index (χ2v) is 5.50. The molecule has 1 aliphatic rings. The van der Waals surface area contributed by atoms with Gasteiger partial charge in [0.15, 0.2) is 0 Å². The molecule has 0 saturated carbocycles. The highest BCUT2D eigenvalue weighted by Crippen LogP contribution is 2.22. The fraction of sp³-hybridized carbons (Fsp3) is 0.583. The number of carbonyl (C=O) groups excluding carboxylic acids is 1. The molecule has 5 heteroatoms. The molecular weight excluding hydrogens is 256 g/mol. The van der Waals surface area contributed by atoms with E-state index in [2.05, 4.69) is 19.2 Å². The van der Waals surface area contributed by atoms with Crippen molar-refractivity contribution in [2.75, 3.05) is 26.2 Å². The maximum Gasteiger partial charge on any atom is 0.263 e. The number of nitrogens with zero attached hydrogens (tertiary/aromatic N) is 1. The molecule has 1 fully saturated rings. The number of nitrogens with one attached hydrogen (secondary N) is 1. The number of hydrogen-bond donors (Lipinski definition) is 1. The van der Waals surface area contributed by atoms with Crippen LogP contribution in [0.25, 0.3) is 0 Å². The Morgan fingerprint density at radius 1 is 1.35 bits per heavy atom. The molecule has 1 aromatic rings. The third-order valence-electron chi connectivity index (χ3n) is 3.00. The number of rotatable bonds is 1. The van der Waals surface area contributed by atoms with Crippen LogP contribution >= 0.6 is 23.7 Å². The van der Waals surface area contributed by atoms with Crippen molar-refractivity contribution in [1.29, 1.82) is 0 Å². The van der Waals surface area contributed by atoms with Crippen molar-refractivity contribution in [1.82, 2.24) is 10.2 Å². The van der Waals surface area contributed by atoms with Gasteiger partial charge in [0.25, 0.3) is 5.91 Å². The van der Waals surface area contributed by atoms with E-state index in [1.54, 1.807) is 11.3 Å². The van der Waals surface area contributed by atoms with Crippen molar-refractivity contribution in [3.05, 3.63) is 21.4 Å². The van der Waals surface area contributed by atoms with Crippen LogP contribution in [-0.4, -0.2) is 37.0 Å². The number of thiophene rings is 1. The zero-order valence-corrected chi connectivity index (χ0v) is 11.9. The Hall–Kier alpha value is -0.580. The van der Waals surface area contributed by atoms with Crippen LogP contribution in [0.5, 0.6) is 0 Å². The summed E-state index contributed by atoms with van der Waals surface area (Å²) in [5.41, 5.74) is 1.22. The Bertz CT molecular complexity index is 364. The maximum absolute atomic E-state index is 12.2. The summed E-state index contributed by atoms with van der Waals surface area (Å²) in [6, 6.07) is 2.01. The highest BCUT2D eigenvalue weighted by atomic mass is 35.5. The fourth-order valence-corrected chi connectivity index (χ4v) is 2.89. The molecule has 1 N–H and O–H groups in total. The van der Waals surface area contributed by atoms with Crippen LogP contribution in [0.1, 0.15) is 26.5 Å². The van der Waals surface area contributed by atoms with Gasteiger partial charge in [0, 0.05) is 24.5 Å². The molecule has 96 valence electrons. The first-order chi connectivity index (χ1) is 7.68. The molecule has 2 heterocycles. The Balaban J connectivity index is 0.00000144. The molecule has 1 saturated heterocycles. The first-order valence-electron chi connectivity index (χ1n) is 5.75. The van der Waals surface area contributed by atoms with E-state index in [9.17, 15) is 4.79 Å². The molecule has 0 unspecified atom stereocenters. The van der Waals surface area contributed by atoms with Gasteiger partial charge < -0.3 is 10.2 Å². The fourth-order valence-electron chi connectivity index (χ4n) is 1.88. The van der Waals surface area contributed by atoms with Crippen molar-refractivity contribution in [3.8, 4) is 0 Å². The maximum atomic E-state index is 12.2. The van der Waals surface area contributed by atoms with Gasteiger partial charge in [-0.15, -0.1) is 23.7 Å². The number of halogens is 1. The van der Waals surface area contributed by atoms with Gasteiger partial charge >= 0.3 is 0 Å². The third kappa shape index (κ3) is 3.44. The topological polar surface area (TPSA) is 32.3 Å².